The Labute approximate surface area is 112 Å². The third-order valence-electron chi connectivity index (χ3n) is 2.81. The Hall–Kier alpha value is -1.88. The Bertz CT molecular complexity index is 468. The molecule has 5 heteroatoms. The van der Waals surface area contributed by atoms with Gasteiger partial charge in [0.2, 0.25) is 5.91 Å². The molecule has 1 atom stereocenters. The van der Waals surface area contributed by atoms with Crippen LogP contribution in [-0.2, 0) is 16.0 Å². The van der Waals surface area contributed by atoms with E-state index in [2.05, 4.69) is 5.32 Å². The highest BCUT2D eigenvalue weighted by Crippen LogP contribution is 2.07. The second-order valence-corrected chi connectivity index (χ2v) is 4.84. The first kappa shape index (κ1) is 15.2. The van der Waals surface area contributed by atoms with Gasteiger partial charge in [-0.1, -0.05) is 29.8 Å². The summed E-state index contributed by atoms with van der Waals surface area (Å²) in [5.41, 5.74) is 0.255. The van der Waals surface area contributed by atoms with Crippen LogP contribution in [0.4, 0.5) is 0 Å². The minimum Gasteiger partial charge on any atom is -0.479 e. The van der Waals surface area contributed by atoms with E-state index in [1.165, 1.54) is 0 Å². The summed E-state index contributed by atoms with van der Waals surface area (Å²) >= 11 is 0. The Morgan fingerprint density at radius 2 is 2.05 bits per heavy atom. The number of carbonyl (C=O) groups is 2. The number of carboxylic acids is 1. The van der Waals surface area contributed by atoms with Gasteiger partial charge in [-0.05, 0) is 25.8 Å². The van der Waals surface area contributed by atoms with Gasteiger partial charge in [0.1, 0.15) is 0 Å². The maximum atomic E-state index is 11.6. The summed E-state index contributed by atoms with van der Waals surface area (Å²) in [6.45, 7) is 2.83. The first-order chi connectivity index (χ1) is 8.81. The molecule has 1 unspecified atom stereocenters. The van der Waals surface area contributed by atoms with Crippen molar-refractivity contribution in [1.82, 2.24) is 5.32 Å². The van der Waals surface area contributed by atoms with Gasteiger partial charge in [0.05, 0.1) is 6.54 Å². The lowest BCUT2D eigenvalue weighted by atomic mass is 10.1. The number of aliphatic hydroxyl groups is 1. The lowest BCUT2D eigenvalue weighted by Crippen LogP contribution is -2.46. The number of benzene rings is 1. The van der Waals surface area contributed by atoms with Crippen LogP contribution in [0.3, 0.4) is 0 Å². The van der Waals surface area contributed by atoms with Gasteiger partial charge in [-0.2, -0.15) is 0 Å². The van der Waals surface area contributed by atoms with E-state index in [9.17, 15) is 14.7 Å². The highest BCUT2D eigenvalue weighted by atomic mass is 16.4. The fourth-order valence-corrected chi connectivity index (χ4v) is 1.56. The van der Waals surface area contributed by atoms with Gasteiger partial charge in [0, 0.05) is 6.42 Å². The van der Waals surface area contributed by atoms with Crippen molar-refractivity contribution in [2.45, 2.75) is 32.3 Å². The fraction of sp³-hybridized carbons (Fsp3) is 0.429. The second-order valence-electron chi connectivity index (χ2n) is 4.84. The Balaban J connectivity index is 2.39. The van der Waals surface area contributed by atoms with Gasteiger partial charge in [0.25, 0.3) is 0 Å². The number of hydrogen-bond acceptors (Lipinski definition) is 3. The van der Waals surface area contributed by atoms with E-state index < -0.39 is 11.6 Å². The molecule has 0 saturated carbocycles. The topological polar surface area (TPSA) is 86.6 Å². The summed E-state index contributed by atoms with van der Waals surface area (Å²) < 4.78 is 0. The molecule has 0 bridgehead atoms. The van der Waals surface area contributed by atoms with Crippen molar-refractivity contribution in [3.8, 4) is 0 Å². The van der Waals surface area contributed by atoms with E-state index in [1.807, 2.05) is 31.2 Å². The quantitative estimate of drug-likeness (QED) is 0.712. The monoisotopic (exact) mass is 265 g/mol. The van der Waals surface area contributed by atoms with Gasteiger partial charge in [-0.15, -0.1) is 0 Å². The van der Waals surface area contributed by atoms with E-state index >= 15 is 0 Å². The summed E-state index contributed by atoms with van der Waals surface area (Å²) in [6.07, 6.45) is 0.849. The smallest absolute Gasteiger partial charge is 0.337 e. The second kappa shape index (κ2) is 6.33. The molecule has 5 nitrogen and oxygen atoms in total. The van der Waals surface area contributed by atoms with Crippen LogP contribution in [0.1, 0.15) is 24.5 Å². The average molecular weight is 265 g/mol. The van der Waals surface area contributed by atoms with Crippen molar-refractivity contribution in [3.63, 3.8) is 0 Å². The van der Waals surface area contributed by atoms with Crippen molar-refractivity contribution in [1.29, 1.82) is 0 Å². The summed E-state index contributed by atoms with van der Waals surface area (Å²) in [5, 5.41) is 20.6. The molecule has 0 aliphatic rings. The van der Waals surface area contributed by atoms with Crippen LogP contribution in [0, 0.1) is 6.92 Å². The molecule has 104 valence electrons. The van der Waals surface area contributed by atoms with Gasteiger partial charge >= 0.3 is 5.97 Å². The van der Waals surface area contributed by atoms with Crippen LogP contribution in [0.15, 0.2) is 24.3 Å². The lowest BCUT2D eigenvalue weighted by molar-refractivity contribution is -0.156. The summed E-state index contributed by atoms with van der Waals surface area (Å²) in [7, 11) is 0. The minimum atomic E-state index is -1.93. The molecule has 0 aliphatic heterocycles. The Morgan fingerprint density at radius 3 is 2.63 bits per heavy atom. The molecule has 0 saturated heterocycles. The number of aliphatic carboxylic acids is 1. The lowest BCUT2D eigenvalue weighted by Gasteiger charge is -2.18. The van der Waals surface area contributed by atoms with Crippen molar-refractivity contribution in [2.75, 3.05) is 6.54 Å². The normalized spacial score (nSPS) is 13.6. The number of rotatable bonds is 6. The Kier molecular flexibility index (Phi) is 5.06. The number of aryl methyl sites for hydroxylation is 2. The molecule has 1 aromatic carbocycles. The molecule has 0 aromatic heterocycles. The number of carboxylic acid groups (broad SMARTS) is 1. The van der Waals surface area contributed by atoms with Crippen LogP contribution in [0.5, 0.6) is 0 Å². The van der Waals surface area contributed by atoms with Gasteiger partial charge in [-0.25, -0.2) is 4.79 Å². The van der Waals surface area contributed by atoms with E-state index in [4.69, 9.17) is 5.11 Å². The predicted molar refractivity (Wildman–Crippen MR) is 70.8 cm³/mol. The molecular formula is C14H19NO4. The number of carbonyl (C=O) groups excluding carboxylic acids is 1. The van der Waals surface area contributed by atoms with Gasteiger partial charge in [-0.3, -0.25) is 4.79 Å². The summed E-state index contributed by atoms with van der Waals surface area (Å²) in [6, 6.07) is 7.85. The summed E-state index contributed by atoms with van der Waals surface area (Å²) in [5.74, 6) is -1.63. The van der Waals surface area contributed by atoms with Gasteiger partial charge in [0.15, 0.2) is 5.60 Å². The minimum absolute atomic E-state index is 0.263. The highest BCUT2D eigenvalue weighted by molar-refractivity contribution is 5.80. The molecule has 19 heavy (non-hydrogen) atoms. The zero-order valence-electron chi connectivity index (χ0n) is 11.1. The zero-order chi connectivity index (χ0) is 14.5. The molecule has 3 N–H and O–H groups in total. The molecule has 0 heterocycles. The molecule has 0 radical (unpaired) electrons. The van der Waals surface area contributed by atoms with Crippen LogP contribution in [-0.4, -0.2) is 34.2 Å². The fourth-order valence-electron chi connectivity index (χ4n) is 1.56. The van der Waals surface area contributed by atoms with Crippen molar-refractivity contribution in [3.05, 3.63) is 35.4 Å². The van der Waals surface area contributed by atoms with Crippen molar-refractivity contribution >= 4 is 11.9 Å². The first-order valence-electron chi connectivity index (χ1n) is 6.09. The molecule has 0 aliphatic carbocycles. The van der Waals surface area contributed by atoms with Crippen LogP contribution in [0.2, 0.25) is 0 Å². The van der Waals surface area contributed by atoms with Crippen LogP contribution in [0.25, 0.3) is 0 Å². The molecule has 0 fully saturated rings. The number of amides is 1. The molecule has 0 spiro atoms. The SMILES string of the molecule is Cc1cccc(CCC(=O)NCC(C)(O)C(=O)O)c1. The molecular weight excluding hydrogens is 246 g/mol. The number of hydrogen-bond donors (Lipinski definition) is 3. The highest BCUT2D eigenvalue weighted by Gasteiger charge is 2.30. The van der Waals surface area contributed by atoms with E-state index in [0.717, 1.165) is 18.1 Å². The third-order valence-corrected chi connectivity index (χ3v) is 2.81. The maximum Gasteiger partial charge on any atom is 0.337 e. The van der Waals surface area contributed by atoms with Crippen LogP contribution < -0.4 is 5.32 Å². The average Bonchev–Trinajstić information content (AvgIpc) is 2.34. The van der Waals surface area contributed by atoms with Gasteiger partial charge < -0.3 is 15.5 Å². The molecule has 1 rings (SSSR count). The van der Waals surface area contributed by atoms with Crippen LogP contribution >= 0.6 is 0 Å². The standard InChI is InChI=1S/C14H19NO4/c1-10-4-3-5-11(8-10)6-7-12(16)15-9-14(2,19)13(17)18/h3-5,8,19H,6-7,9H2,1-2H3,(H,15,16)(H,17,18). The largest absolute Gasteiger partial charge is 0.479 e. The van der Waals surface area contributed by atoms with E-state index in [0.29, 0.717) is 6.42 Å². The molecule has 1 amide bonds. The van der Waals surface area contributed by atoms with Crippen molar-refractivity contribution in [2.24, 2.45) is 0 Å². The zero-order valence-corrected chi connectivity index (χ0v) is 11.1. The summed E-state index contributed by atoms with van der Waals surface area (Å²) in [4.78, 5) is 22.2. The van der Waals surface area contributed by atoms with E-state index in [-0.39, 0.29) is 18.9 Å². The first-order valence-corrected chi connectivity index (χ1v) is 6.09. The number of nitrogens with one attached hydrogen (secondary N) is 1. The van der Waals surface area contributed by atoms with Crippen molar-refractivity contribution < 1.29 is 19.8 Å². The maximum absolute atomic E-state index is 11.6. The van der Waals surface area contributed by atoms with E-state index in [1.54, 1.807) is 0 Å². The Morgan fingerprint density at radius 1 is 1.37 bits per heavy atom. The predicted octanol–water partition coefficient (Wildman–Crippen LogP) is 0.879. The third kappa shape index (κ3) is 5.09. The molecule has 1 aromatic rings.